The molecule has 1 aromatic carbocycles. The predicted molar refractivity (Wildman–Crippen MR) is 106 cm³/mol. The summed E-state index contributed by atoms with van der Waals surface area (Å²) in [6.07, 6.45) is 8.56. The van der Waals surface area contributed by atoms with Gasteiger partial charge in [0.2, 0.25) is 0 Å². The second-order valence-corrected chi connectivity index (χ2v) is 8.10. The molecule has 6 heteroatoms. The minimum absolute atomic E-state index is 0.123. The topological polar surface area (TPSA) is 39.1 Å². The normalized spacial score (nSPS) is 13.7. The van der Waals surface area contributed by atoms with Gasteiger partial charge in [0.05, 0.1) is 18.1 Å². The van der Waals surface area contributed by atoms with E-state index in [1.54, 1.807) is 24.3 Å². The lowest BCUT2D eigenvalue weighted by Gasteiger charge is -2.29. The average Bonchev–Trinajstić information content (AvgIpc) is 3.10. The summed E-state index contributed by atoms with van der Waals surface area (Å²) in [4.78, 5) is 11.1. The molecule has 1 heterocycles. The molecule has 1 unspecified atom stereocenters. The number of nitrogens with one attached hydrogen (secondary N) is 1. The van der Waals surface area contributed by atoms with Crippen LogP contribution in [0, 0.1) is 5.41 Å². The fraction of sp³-hybridized carbons (Fsp3) is 0.421. The second kappa shape index (κ2) is 9.32. The molecule has 1 aromatic heterocycles. The number of rotatable bonds is 9. The zero-order valence-corrected chi connectivity index (χ0v) is 16.8. The van der Waals surface area contributed by atoms with E-state index in [-0.39, 0.29) is 11.5 Å². The predicted octanol–water partition coefficient (Wildman–Crippen LogP) is 5.47. The summed E-state index contributed by atoms with van der Waals surface area (Å²) in [6, 6.07) is 7.93. The van der Waals surface area contributed by atoms with Crippen LogP contribution < -0.4 is 5.48 Å². The summed E-state index contributed by atoms with van der Waals surface area (Å²) in [5.74, 6) is 0.895. The number of benzene rings is 1. The Morgan fingerprint density at radius 3 is 2.72 bits per heavy atom. The van der Waals surface area contributed by atoms with Crippen molar-refractivity contribution in [3.63, 3.8) is 0 Å². The third kappa shape index (κ3) is 6.42. The molecule has 0 spiro atoms. The molecule has 0 amide bonds. The molecular weight excluding hydrogens is 354 g/mol. The molecule has 0 fully saturated rings. The summed E-state index contributed by atoms with van der Waals surface area (Å²) < 4.78 is 1.93. The van der Waals surface area contributed by atoms with Crippen LogP contribution in [0.2, 0.25) is 5.02 Å². The Balaban J connectivity index is 2.11. The van der Waals surface area contributed by atoms with E-state index in [2.05, 4.69) is 38.2 Å². The molecule has 1 N–H and O–H groups in total. The molecule has 25 heavy (non-hydrogen) atoms. The first kappa shape index (κ1) is 19.9. The van der Waals surface area contributed by atoms with Crippen LogP contribution in [0.15, 0.2) is 53.6 Å². The lowest BCUT2D eigenvalue weighted by atomic mass is 9.92. The summed E-state index contributed by atoms with van der Waals surface area (Å²) in [5, 5.41) is 0.757. The van der Waals surface area contributed by atoms with Gasteiger partial charge >= 0.3 is 0 Å². The molecule has 2 rings (SSSR count). The Morgan fingerprint density at radius 2 is 2.12 bits per heavy atom. The Bertz CT molecular complexity index is 668. The number of imidazole rings is 1. The highest BCUT2D eigenvalue weighted by Gasteiger charge is 2.25. The van der Waals surface area contributed by atoms with Gasteiger partial charge in [-0.3, -0.25) is 10.3 Å². The molecule has 0 saturated heterocycles. The van der Waals surface area contributed by atoms with Crippen LogP contribution in [0.4, 0.5) is 0 Å². The first-order chi connectivity index (χ1) is 11.9. The summed E-state index contributed by atoms with van der Waals surface area (Å²) >= 11 is 7.76. The quantitative estimate of drug-likeness (QED) is 0.463. The molecule has 0 aliphatic rings. The summed E-state index contributed by atoms with van der Waals surface area (Å²) in [5.41, 5.74) is 4.06. The molecule has 136 valence electrons. The highest BCUT2D eigenvalue weighted by Crippen LogP contribution is 2.33. The number of hydrogen-bond donors (Lipinski definition) is 1. The van der Waals surface area contributed by atoms with E-state index in [4.69, 9.17) is 16.4 Å². The van der Waals surface area contributed by atoms with Gasteiger partial charge in [0, 0.05) is 39.7 Å². The number of halogens is 1. The third-order valence-electron chi connectivity index (χ3n) is 3.89. The number of hydroxylamine groups is 1. The monoisotopic (exact) mass is 379 g/mol. The summed E-state index contributed by atoms with van der Waals surface area (Å²) in [6.45, 7) is 8.56. The third-order valence-corrected chi connectivity index (χ3v) is 5.61. The van der Waals surface area contributed by atoms with E-state index < -0.39 is 0 Å². The van der Waals surface area contributed by atoms with Gasteiger partial charge in [0.15, 0.2) is 0 Å². The van der Waals surface area contributed by atoms with Crippen molar-refractivity contribution in [3.05, 3.63) is 53.7 Å². The molecule has 0 aliphatic carbocycles. The lowest BCUT2D eigenvalue weighted by Crippen LogP contribution is -2.31. The van der Waals surface area contributed by atoms with Crippen molar-refractivity contribution >= 4 is 29.6 Å². The maximum atomic E-state index is 5.96. The van der Waals surface area contributed by atoms with Crippen LogP contribution in [0.3, 0.4) is 0 Å². The molecule has 0 bridgehead atoms. The van der Waals surface area contributed by atoms with Crippen molar-refractivity contribution in [1.82, 2.24) is 15.0 Å². The van der Waals surface area contributed by atoms with Crippen LogP contribution in [-0.4, -0.2) is 21.4 Å². The van der Waals surface area contributed by atoms with Gasteiger partial charge in [-0.1, -0.05) is 32.4 Å². The van der Waals surface area contributed by atoms with E-state index in [0.29, 0.717) is 0 Å². The number of nitrogens with zero attached hydrogens (tertiary/aromatic N) is 2. The largest absolute Gasteiger partial charge is 0.311 e. The smallest absolute Gasteiger partial charge is 0.0987 e. The van der Waals surface area contributed by atoms with Crippen molar-refractivity contribution in [3.8, 4) is 0 Å². The molecular formula is C19H26ClN3OS. The zero-order valence-electron chi connectivity index (χ0n) is 15.2. The van der Waals surface area contributed by atoms with Gasteiger partial charge in [-0.2, -0.15) is 0 Å². The van der Waals surface area contributed by atoms with E-state index in [0.717, 1.165) is 22.9 Å². The van der Waals surface area contributed by atoms with E-state index >= 15 is 0 Å². The van der Waals surface area contributed by atoms with Gasteiger partial charge < -0.3 is 4.57 Å². The van der Waals surface area contributed by atoms with Crippen LogP contribution >= 0.6 is 23.4 Å². The van der Waals surface area contributed by atoms with E-state index in [1.165, 1.54) is 4.90 Å². The maximum absolute atomic E-state index is 5.96. The van der Waals surface area contributed by atoms with Gasteiger partial charge in [-0.25, -0.2) is 4.98 Å². The number of hydrogen-bond acceptors (Lipinski definition) is 4. The molecule has 4 nitrogen and oxygen atoms in total. The van der Waals surface area contributed by atoms with Gasteiger partial charge in [0.25, 0.3) is 0 Å². The minimum Gasteiger partial charge on any atom is -0.311 e. The van der Waals surface area contributed by atoms with E-state index in [9.17, 15) is 0 Å². The Labute approximate surface area is 159 Å². The Kier molecular flexibility index (Phi) is 7.41. The van der Waals surface area contributed by atoms with E-state index in [1.807, 2.05) is 41.2 Å². The summed E-state index contributed by atoms with van der Waals surface area (Å²) in [7, 11) is 0. The fourth-order valence-corrected chi connectivity index (χ4v) is 3.09. The van der Waals surface area contributed by atoms with Crippen LogP contribution in [0.1, 0.15) is 34.1 Å². The Hall–Kier alpha value is -1.43. The van der Waals surface area contributed by atoms with Crippen LogP contribution in [-0.2, 0) is 4.84 Å². The van der Waals surface area contributed by atoms with Crippen molar-refractivity contribution in [2.24, 2.45) is 5.41 Å². The van der Waals surface area contributed by atoms with Gasteiger partial charge in [-0.05, 0) is 37.6 Å². The second-order valence-electron chi connectivity index (χ2n) is 6.62. The highest BCUT2D eigenvalue weighted by atomic mass is 35.5. The van der Waals surface area contributed by atoms with Crippen LogP contribution in [0.5, 0.6) is 0 Å². The number of aromatic nitrogens is 2. The number of allylic oxidation sites excluding steroid dienone is 1. The SMILES string of the molecule is CCC(C)ONC(=Cn1ccnc1)C(C)(C)CSc1ccc(Cl)cc1. The van der Waals surface area contributed by atoms with Gasteiger partial charge in [-0.15, -0.1) is 11.8 Å². The number of thioether (sulfide) groups is 1. The lowest BCUT2D eigenvalue weighted by molar-refractivity contribution is -0.00678. The van der Waals surface area contributed by atoms with Crippen LogP contribution in [0.25, 0.3) is 6.20 Å². The highest BCUT2D eigenvalue weighted by molar-refractivity contribution is 7.99. The molecule has 1 atom stereocenters. The standard InChI is InChI=1S/C19H26ClN3OS/c1-5-15(2)24-22-18(12-23-11-10-21-14-23)19(3,4)13-25-17-8-6-16(20)7-9-17/h6-12,14-15,22H,5,13H2,1-4H3. The van der Waals surface area contributed by atoms with Crippen molar-refractivity contribution < 1.29 is 4.84 Å². The molecule has 0 radical (unpaired) electrons. The zero-order chi connectivity index (χ0) is 18.3. The fourth-order valence-electron chi connectivity index (χ4n) is 1.95. The molecule has 0 aliphatic heterocycles. The maximum Gasteiger partial charge on any atom is 0.0987 e. The first-order valence-corrected chi connectivity index (χ1v) is 9.77. The van der Waals surface area contributed by atoms with Crippen molar-refractivity contribution in [1.29, 1.82) is 0 Å². The van der Waals surface area contributed by atoms with Crippen molar-refractivity contribution in [2.75, 3.05) is 5.75 Å². The van der Waals surface area contributed by atoms with Crippen molar-refractivity contribution in [2.45, 2.75) is 45.1 Å². The molecule has 2 aromatic rings. The molecule has 0 saturated carbocycles. The Morgan fingerprint density at radius 1 is 1.40 bits per heavy atom. The average molecular weight is 380 g/mol. The first-order valence-electron chi connectivity index (χ1n) is 8.40. The van der Waals surface area contributed by atoms with Gasteiger partial charge in [0.1, 0.15) is 0 Å². The minimum atomic E-state index is -0.123.